The maximum absolute atomic E-state index is 12.6. The molecule has 2 heterocycles. The molecule has 5 heteroatoms. The van der Waals surface area contributed by atoms with Gasteiger partial charge >= 0.3 is 6.09 Å². The molecule has 3 rings (SSSR count). The highest BCUT2D eigenvalue weighted by Crippen LogP contribution is 2.40. The summed E-state index contributed by atoms with van der Waals surface area (Å²) in [6, 6.07) is 6.20. The van der Waals surface area contributed by atoms with Gasteiger partial charge in [-0.1, -0.05) is 18.7 Å². The van der Waals surface area contributed by atoms with Crippen LogP contribution in [0.4, 0.5) is 10.5 Å². The maximum Gasteiger partial charge on any atom is 0.415 e. The average molecular weight is 370 g/mol. The molecule has 1 amide bonds. The number of rotatable bonds is 4. The topological polar surface area (TPSA) is 42.0 Å². The summed E-state index contributed by atoms with van der Waals surface area (Å²) in [5.74, 6) is 0.644. The molecule has 0 saturated carbocycles. The minimum absolute atomic E-state index is 0.291. The summed E-state index contributed by atoms with van der Waals surface area (Å²) < 4.78 is 10.9. The first-order chi connectivity index (χ1) is 12.7. The van der Waals surface area contributed by atoms with E-state index in [0.717, 1.165) is 35.6 Å². The predicted molar refractivity (Wildman–Crippen MR) is 109 cm³/mol. The molecule has 0 aromatic heterocycles. The second-order valence-corrected chi connectivity index (χ2v) is 8.25. The number of hydrogen-bond acceptors (Lipinski definition) is 4. The van der Waals surface area contributed by atoms with E-state index in [1.54, 1.807) is 12.0 Å². The van der Waals surface area contributed by atoms with E-state index in [4.69, 9.17) is 9.47 Å². The van der Waals surface area contributed by atoms with Crippen molar-refractivity contribution in [3.8, 4) is 0 Å². The highest BCUT2D eigenvalue weighted by atomic mass is 16.6. The van der Waals surface area contributed by atoms with Crippen LogP contribution in [0, 0.1) is 0 Å². The number of hydrogen-bond donors (Lipinski definition) is 0. The summed E-state index contributed by atoms with van der Waals surface area (Å²) >= 11 is 0. The third kappa shape index (κ3) is 3.97. The first-order valence-electron chi connectivity index (χ1n) is 9.54. The summed E-state index contributed by atoms with van der Waals surface area (Å²) in [5, 5.41) is 0. The Kier molecular flexibility index (Phi) is 5.22. The average Bonchev–Trinajstić information content (AvgIpc) is 3.12. The molecule has 0 unspecified atom stereocenters. The van der Waals surface area contributed by atoms with Crippen LogP contribution in [-0.2, 0) is 9.47 Å². The summed E-state index contributed by atoms with van der Waals surface area (Å²) in [7, 11) is 1.63. The second kappa shape index (κ2) is 7.29. The first-order valence-corrected chi connectivity index (χ1v) is 9.54. The van der Waals surface area contributed by atoms with Gasteiger partial charge in [0.25, 0.3) is 0 Å². The zero-order valence-electron chi connectivity index (χ0n) is 17.1. The predicted octanol–water partition coefficient (Wildman–Crippen LogP) is 4.89. The van der Waals surface area contributed by atoms with Gasteiger partial charge in [-0.05, 0) is 52.2 Å². The van der Waals surface area contributed by atoms with Crippen molar-refractivity contribution in [2.24, 2.45) is 0 Å². The number of nitrogens with zero attached hydrogens (tertiary/aromatic N) is 2. The van der Waals surface area contributed by atoms with Gasteiger partial charge in [0, 0.05) is 29.9 Å². The Labute approximate surface area is 162 Å². The van der Waals surface area contributed by atoms with Gasteiger partial charge in [0.2, 0.25) is 0 Å². The highest BCUT2D eigenvalue weighted by molar-refractivity contribution is 5.92. The first kappa shape index (κ1) is 19.3. The quantitative estimate of drug-likeness (QED) is 0.708. The van der Waals surface area contributed by atoms with Crippen LogP contribution in [0.5, 0.6) is 0 Å². The standard InChI is InChI=1S/C22H30N2O3/c1-15-14-24(21(25)27-22(3,4)5)20(15)18-10-9-17(16(2)26-6)13-19(18)23-11-7-8-12-23/h9-10,13H,2,7-8,11-12,14H2,1,3-6H3. The van der Waals surface area contributed by atoms with Crippen LogP contribution in [0.25, 0.3) is 11.5 Å². The summed E-state index contributed by atoms with van der Waals surface area (Å²) in [6.07, 6.45) is 2.08. The smallest absolute Gasteiger partial charge is 0.415 e. The normalized spacial score (nSPS) is 17.1. The molecule has 1 aromatic carbocycles. The van der Waals surface area contributed by atoms with Gasteiger partial charge in [0.05, 0.1) is 19.4 Å². The minimum Gasteiger partial charge on any atom is -0.497 e. The van der Waals surface area contributed by atoms with Crippen LogP contribution in [0.15, 0.2) is 30.4 Å². The molecule has 1 fully saturated rings. The van der Waals surface area contributed by atoms with E-state index in [1.165, 1.54) is 18.4 Å². The molecule has 1 aromatic rings. The molecule has 0 atom stereocenters. The minimum atomic E-state index is -0.510. The number of methoxy groups -OCH3 is 1. The summed E-state index contributed by atoms with van der Waals surface area (Å²) in [4.78, 5) is 16.8. The van der Waals surface area contributed by atoms with Crippen molar-refractivity contribution >= 4 is 23.2 Å². The Bertz CT molecular complexity index is 783. The Morgan fingerprint density at radius 1 is 1.19 bits per heavy atom. The van der Waals surface area contributed by atoms with Gasteiger partial charge in [-0.25, -0.2) is 4.79 Å². The van der Waals surface area contributed by atoms with Crippen molar-refractivity contribution in [2.45, 2.75) is 46.1 Å². The third-order valence-corrected chi connectivity index (χ3v) is 4.95. The van der Waals surface area contributed by atoms with Crippen molar-refractivity contribution in [1.82, 2.24) is 4.90 Å². The van der Waals surface area contributed by atoms with Crippen LogP contribution in [0.2, 0.25) is 0 Å². The molecule has 1 saturated heterocycles. The number of anilines is 1. The number of carbonyl (C=O) groups is 1. The largest absolute Gasteiger partial charge is 0.497 e. The summed E-state index contributed by atoms with van der Waals surface area (Å²) in [5.41, 5.74) is 4.80. The summed E-state index contributed by atoms with van der Waals surface area (Å²) in [6.45, 7) is 14.4. The lowest BCUT2D eigenvalue weighted by Gasteiger charge is -2.38. The van der Waals surface area contributed by atoms with Crippen LogP contribution >= 0.6 is 0 Å². The second-order valence-electron chi connectivity index (χ2n) is 8.25. The van der Waals surface area contributed by atoms with Crippen LogP contribution in [-0.4, -0.2) is 43.3 Å². The van der Waals surface area contributed by atoms with Crippen molar-refractivity contribution in [3.05, 3.63) is 41.5 Å². The Morgan fingerprint density at radius 2 is 1.85 bits per heavy atom. The number of ether oxygens (including phenoxy) is 2. The molecule has 0 radical (unpaired) electrons. The molecule has 0 spiro atoms. The van der Waals surface area contributed by atoms with E-state index in [-0.39, 0.29) is 6.09 Å². The molecule has 0 N–H and O–H groups in total. The van der Waals surface area contributed by atoms with E-state index in [9.17, 15) is 4.79 Å². The third-order valence-electron chi connectivity index (χ3n) is 4.95. The van der Waals surface area contributed by atoms with Gasteiger partial charge in [-0.15, -0.1) is 0 Å². The van der Waals surface area contributed by atoms with E-state index in [0.29, 0.717) is 12.3 Å². The SMILES string of the molecule is C=C(OC)c1ccc(C2=C(C)CN2C(=O)OC(C)(C)C)c(N2CCCC2)c1. The number of amides is 1. The van der Waals surface area contributed by atoms with Crippen LogP contribution < -0.4 is 4.90 Å². The Balaban J connectivity index is 1.98. The zero-order chi connectivity index (χ0) is 19.8. The van der Waals surface area contributed by atoms with Crippen LogP contribution in [0.1, 0.15) is 51.7 Å². The van der Waals surface area contributed by atoms with E-state index < -0.39 is 5.60 Å². The molecule has 2 aliphatic heterocycles. The lowest BCUT2D eigenvalue weighted by molar-refractivity contribution is 0.0341. The number of carbonyl (C=O) groups excluding carboxylic acids is 1. The molecule has 0 aliphatic carbocycles. The Hall–Kier alpha value is -2.43. The molecule has 5 nitrogen and oxygen atoms in total. The van der Waals surface area contributed by atoms with Crippen LogP contribution in [0.3, 0.4) is 0 Å². The molecular formula is C22H30N2O3. The molecular weight excluding hydrogens is 340 g/mol. The highest BCUT2D eigenvalue weighted by Gasteiger charge is 2.35. The molecule has 146 valence electrons. The van der Waals surface area contributed by atoms with E-state index in [1.807, 2.05) is 26.8 Å². The maximum atomic E-state index is 12.6. The van der Waals surface area contributed by atoms with Gasteiger partial charge in [0.15, 0.2) is 0 Å². The van der Waals surface area contributed by atoms with Crippen molar-refractivity contribution in [3.63, 3.8) is 0 Å². The van der Waals surface area contributed by atoms with Gasteiger partial charge in [-0.2, -0.15) is 0 Å². The van der Waals surface area contributed by atoms with Crippen molar-refractivity contribution < 1.29 is 14.3 Å². The van der Waals surface area contributed by atoms with E-state index in [2.05, 4.69) is 30.5 Å². The lowest BCUT2D eigenvalue weighted by Crippen LogP contribution is -2.43. The number of benzene rings is 1. The van der Waals surface area contributed by atoms with E-state index >= 15 is 0 Å². The Morgan fingerprint density at radius 3 is 2.41 bits per heavy atom. The molecule has 2 aliphatic rings. The lowest BCUT2D eigenvalue weighted by atomic mass is 9.95. The monoisotopic (exact) mass is 370 g/mol. The van der Waals surface area contributed by atoms with Crippen molar-refractivity contribution in [1.29, 1.82) is 0 Å². The fraction of sp³-hybridized carbons (Fsp3) is 0.500. The fourth-order valence-electron chi connectivity index (χ4n) is 3.62. The molecule has 27 heavy (non-hydrogen) atoms. The molecule has 0 bridgehead atoms. The zero-order valence-corrected chi connectivity index (χ0v) is 17.1. The van der Waals surface area contributed by atoms with Crippen molar-refractivity contribution in [2.75, 3.05) is 31.6 Å². The van der Waals surface area contributed by atoms with Gasteiger partial charge < -0.3 is 14.4 Å². The van der Waals surface area contributed by atoms with Gasteiger partial charge in [-0.3, -0.25) is 4.90 Å². The van der Waals surface area contributed by atoms with Gasteiger partial charge in [0.1, 0.15) is 11.4 Å². The fourth-order valence-corrected chi connectivity index (χ4v) is 3.62.